The number of nitrogens with one attached hydrogen (secondary N) is 1. The summed E-state index contributed by atoms with van der Waals surface area (Å²) in [5, 5.41) is 2.68. The van der Waals surface area contributed by atoms with Crippen molar-refractivity contribution >= 4 is 23.6 Å². The Balaban J connectivity index is 1.59. The highest BCUT2D eigenvalue weighted by atomic mass is 16.5. The third kappa shape index (κ3) is 6.01. The Kier molecular flexibility index (Phi) is 7.54. The topological polar surface area (TPSA) is 83.1 Å². The Labute approximate surface area is 181 Å². The van der Waals surface area contributed by atoms with Crippen LogP contribution < -0.4 is 19.5 Å². The zero-order chi connectivity index (χ0) is 22.2. The minimum atomic E-state index is -0.634. The second-order valence-electron chi connectivity index (χ2n) is 6.98. The van der Waals surface area contributed by atoms with E-state index in [0.29, 0.717) is 36.0 Å². The Hall–Kier alpha value is -3.48. The van der Waals surface area contributed by atoms with Crippen LogP contribution >= 0.6 is 0 Å². The van der Waals surface area contributed by atoms with Crippen LogP contribution in [0.5, 0.6) is 17.2 Å². The first-order chi connectivity index (χ1) is 15.0. The molecular weight excluding hydrogens is 398 g/mol. The van der Waals surface area contributed by atoms with Crippen LogP contribution in [0.15, 0.2) is 42.5 Å². The number of carbonyl (C=O) groups is 2. The van der Waals surface area contributed by atoms with Crippen molar-refractivity contribution in [2.45, 2.75) is 33.3 Å². The summed E-state index contributed by atoms with van der Waals surface area (Å²) in [5.74, 6) is 0.931. The number of rotatable bonds is 9. The maximum absolute atomic E-state index is 12.1. The molecule has 1 aliphatic heterocycles. The van der Waals surface area contributed by atoms with Gasteiger partial charge in [0, 0.05) is 23.6 Å². The van der Waals surface area contributed by atoms with E-state index in [2.05, 4.69) is 5.32 Å². The van der Waals surface area contributed by atoms with E-state index < -0.39 is 18.5 Å². The number of esters is 1. The lowest BCUT2D eigenvalue weighted by molar-refractivity contribution is -0.142. The lowest BCUT2D eigenvalue weighted by atomic mass is 10.1. The third-order valence-electron chi connectivity index (χ3n) is 4.53. The quantitative estimate of drug-likeness (QED) is 0.483. The molecule has 1 N–H and O–H groups in total. The molecule has 0 saturated heterocycles. The van der Waals surface area contributed by atoms with Crippen molar-refractivity contribution in [3.8, 4) is 17.2 Å². The largest absolute Gasteiger partial charge is 0.493 e. The molecule has 0 unspecified atom stereocenters. The predicted molar refractivity (Wildman–Crippen MR) is 118 cm³/mol. The van der Waals surface area contributed by atoms with Crippen LogP contribution in [-0.4, -0.2) is 37.8 Å². The van der Waals surface area contributed by atoms with Gasteiger partial charge in [0.2, 0.25) is 0 Å². The van der Waals surface area contributed by atoms with Crippen LogP contribution in [0.4, 0.5) is 5.69 Å². The average Bonchev–Trinajstić information content (AvgIpc) is 3.11. The van der Waals surface area contributed by atoms with E-state index in [1.54, 1.807) is 24.3 Å². The van der Waals surface area contributed by atoms with E-state index in [1.165, 1.54) is 6.08 Å². The van der Waals surface area contributed by atoms with Gasteiger partial charge < -0.3 is 24.3 Å². The molecule has 1 aliphatic rings. The molecule has 2 aromatic carbocycles. The maximum atomic E-state index is 12.1. The first kappa shape index (κ1) is 22.2. The number of carbonyl (C=O) groups excluding carboxylic acids is 2. The molecule has 0 fully saturated rings. The summed E-state index contributed by atoms with van der Waals surface area (Å²) in [5.41, 5.74) is 2.32. The lowest BCUT2D eigenvalue weighted by Crippen LogP contribution is -2.20. The Morgan fingerprint density at radius 2 is 1.87 bits per heavy atom. The molecule has 0 bridgehead atoms. The molecule has 0 saturated carbocycles. The Morgan fingerprint density at radius 1 is 1.13 bits per heavy atom. The van der Waals surface area contributed by atoms with Crippen molar-refractivity contribution in [1.29, 1.82) is 0 Å². The molecule has 0 spiro atoms. The minimum Gasteiger partial charge on any atom is -0.493 e. The van der Waals surface area contributed by atoms with Gasteiger partial charge in [-0.3, -0.25) is 4.79 Å². The van der Waals surface area contributed by atoms with Gasteiger partial charge in [-0.1, -0.05) is 12.1 Å². The first-order valence-electron chi connectivity index (χ1n) is 10.3. The van der Waals surface area contributed by atoms with Crippen molar-refractivity contribution in [3.63, 3.8) is 0 Å². The molecule has 0 aromatic heterocycles. The molecule has 2 aromatic rings. The number of benzene rings is 2. The highest BCUT2D eigenvalue weighted by molar-refractivity contribution is 5.95. The summed E-state index contributed by atoms with van der Waals surface area (Å²) in [7, 11) is 0. The van der Waals surface area contributed by atoms with Crippen molar-refractivity contribution in [2.24, 2.45) is 0 Å². The highest BCUT2D eigenvalue weighted by Gasteiger charge is 2.21. The second-order valence-corrected chi connectivity index (χ2v) is 6.98. The van der Waals surface area contributed by atoms with Gasteiger partial charge in [-0.15, -0.1) is 0 Å². The minimum absolute atomic E-state index is 0.111. The molecule has 31 heavy (non-hydrogen) atoms. The zero-order valence-electron chi connectivity index (χ0n) is 18.0. The molecule has 7 nitrogen and oxygen atoms in total. The fourth-order valence-corrected chi connectivity index (χ4v) is 3.25. The summed E-state index contributed by atoms with van der Waals surface area (Å²) in [6.07, 6.45) is 3.80. The summed E-state index contributed by atoms with van der Waals surface area (Å²) in [6.45, 7) is 6.33. The van der Waals surface area contributed by atoms with Gasteiger partial charge in [-0.2, -0.15) is 0 Å². The van der Waals surface area contributed by atoms with E-state index >= 15 is 0 Å². The summed E-state index contributed by atoms with van der Waals surface area (Å²) >= 11 is 0. The van der Waals surface area contributed by atoms with Gasteiger partial charge in [0.05, 0.1) is 18.9 Å². The van der Waals surface area contributed by atoms with E-state index in [1.807, 2.05) is 39.0 Å². The van der Waals surface area contributed by atoms with E-state index in [4.69, 9.17) is 18.9 Å². The first-order valence-corrected chi connectivity index (χ1v) is 10.3. The molecule has 1 heterocycles. The van der Waals surface area contributed by atoms with Crippen LogP contribution in [0, 0.1) is 0 Å². The van der Waals surface area contributed by atoms with Crippen LogP contribution in [-0.2, 0) is 20.7 Å². The van der Waals surface area contributed by atoms with Crippen LogP contribution in [0.3, 0.4) is 0 Å². The average molecular weight is 425 g/mol. The Morgan fingerprint density at radius 3 is 2.65 bits per heavy atom. The van der Waals surface area contributed by atoms with Crippen molar-refractivity contribution < 1.29 is 28.5 Å². The smallest absolute Gasteiger partial charge is 0.331 e. The standard InChI is InChI=1S/C24H27NO6/c1-4-28-20-9-7-6-8-19(20)25-23(26)15-30-24(27)11-10-17-13-22-18(12-16(3)31-22)14-21(17)29-5-2/h6-11,13-14,16H,4-5,12,15H2,1-3H3,(H,25,26)/b11-10+/t16-/m1/s1. The lowest BCUT2D eigenvalue weighted by Gasteiger charge is -2.11. The third-order valence-corrected chi connectivity index (χ3v) is 4.53. The van der Waals surface area contributed by atoms with Crippen LogP contribution in [0.1, 0.15) is 31.9 Å². The number of amides is 1. The zero-order valence-corrected chi connectivity index (χ0v) is 18.0. The van der Waals surface area contributed by atoms with E-state index in [0.717, 1.165) is 17.7 Å². The molecule has 7 heteroatoms. The number of hydrogen-bond donors (Lipinski definition) is 1. The van der Waals surface area contributed by atoms with Crippen molar-refractivity contribution in [3.05, 3.63) is 53.6 Å². The van der Waals surface area contributed by atoms with Gasteiger partial charge in [0.1, 0.15) is 23.4 Å². The van der Waals surface area contributed by atoms with Crippen LogP contribution in [0.2, 0.25) is 0 Å². The summed E-state index contributed by atoms with van der Waals surface area (Å²) < 4.78 is 22.0. The van der Waals surface area contributed by atoms with Crippen molar-refractivity contribution in [1.82, 2.24) is 0 Å². The number of hydrogen-bond acceptors (Lipinski definition) is 6. The predicted octanol–water partition coefficient (Wildman–Crippen LogP) is 4.00. The molecular formula is C24H27NO6. The van der Waals surface area contributed by atoms with Gasteiger partial charge in [-0.25, -0.2) is 4.79 Å². The van der Waals surface area contributed by atoms with Gasteiger partial charge in [0.25, 0.3) is 5.91 Å². The fourth-order valence-electron chi connectivity index (χ4n) is 3.25. The number of anilines is 1. The van der Waals surface area contributed by atoms with Gasteiger partial charge >= 0.3 is 5.97 Å². The SMILES string of the molecule is CCOc1cc2c(cc1/C=C/C(=O)OCC(=O)Nc1ccccc1OCC)O[C@H](C)C2. The summed E-state index contributed by atoms with van der Waals surface area (Å²) in [6, 6.07) is 10.9. The summed E-state index contributed by atoms with van der Waals surface area (Å²) in [4.78, 5) is 24.3. The molecule has 1 atom stereocenters. The Bertz CT molecular complexity index is 969. The second kappa shape index (κ2) is 10.5. The monoisotopic (exact) mass is 425 g/mol. The van der Waals surface area contributed by atoms with Gasteiger partial charge in [0.15, 0.2) is 6.61 Å². The molecule has 164 valence electrons. The maximum Gasteiger partial charge on any atom is 0.331 e. The number of fused-ring (bicyclic) bond motifs is 1. The van der Waals surface area contributed by atoms with E-state index in [-0.39, 0.29) is 6.10 Å². The van der Waals surface area contributed by atoms with Crippen molar-refractivity contribution in [2.75, 3.05) is 25.1 Å². The highest BCUT2D eigenvalue weighted by Crippen LogP contribution is 2.35. The molecule has 0 radical (unpaired) electrons. The fraction of sp³-hybridized carbons (Fsp3) is 0.333. The molecule has 1 amide bonds. The van der Waals surface area contributed by atoms with Gasteiger partial charge in [-0.05, 0) is 51.1 Å². The molecule has 3 rings (SSSR count). The van der Waals surface area contributed by atoms with Crippen LogP contribution in [0.25, 0.3) is 6.08 Å². The number of ether oxygens (including phenoxy) is 4. The molecule has 0 aliphatic carbocycles. The number of para-hydroxylation sites is 2. The van der Waals surface area contributed by atoms with E-state index in [9.17, 15) is 9.59 Å². The normalized spacial score (nSPS) is 14.6.